The standard InChI is InChI=1S/C18H22N4O3/c1-20-18(24)22(14-4-5-14)17(19-20)13-8-10-21(11-9-13)16(23)7-6-15-3-2-12-25-15/h2-3,6-7,12-14H,4-5,8-11H2,1H3/b7-6+. The Morgan fingerprint density at radius 2 is 2.04 bits per heavy atom. The molecule has 0 aromatic carbocycles. The molecule has 0 atom stereocenters. The Hall–Kier alpha value is -2.57. The van der Waals surface area contributed by atoms with Gasteiger partial charge in [-0.15, -0.1) is 0 Å². The fraction of sp³-hybridized carbons (Fsp3) is 0.500. The highest BCUT2D eigenvalue weighted by Gasteiger charge is 2.33. The molecule has 1 saturated heterocycles. The number of carbonyl (C=O) groups is 1. The van der Waals surface area contributed by atoms with E-state index in [0.717, 1.165) is 31.5 Å². The van der Waals surface area contributed by atoms with E-state index >= 15 is 0 Å². The molecule has 2 fully saturated rings. The summed E-state index contributed by atoms with van der Waals surface area (Å²) in [5.41, 5.74) is -0.0163. The van der Waals surface area contributed by atoms with Crippen molar-refractivity contribution < 1.29 is 9.21 Å². The molecule has 2 aromatic rings. The molecule has 4 rings (SSSR count). The lowest BCUT2D eigenvalue weighted by molar-refractivity contribution is -0.127. The Kier molecular flexibility index (Phi) is 4.07. The van der Waals surface area contributed by atoms with Crippen molar-refractivity contribution in [2.24, 2.45) is 7.05 Å². The van der Waals surface area contributed by atoms with E-state index in [2.05, 4.69) is 5.10 Å². The fourth-order valence-corrected chi connectivity index (χ4v) is 3.46. The van der Waals surface area contributed by atoms with Gasteiger partial charge in [-0.3, -0.25) is 9.36 Å². The van der Waals surface area contributed by atoms with Crippen LogP contribution in [0.5, 0.6) is 0 Å². The van der Waals surface area contributed by atoms with E-state index in [-0.39, 0.29) is 17.5 Å². The van der Waals surface area contributed by atoms with Crippen molar-refractivity contribution in [3.8, 4) is 0 Å². The first kappa shape index (κ1) is 15.9. The Bertz CT molecular complexity index is 834. The number of aromatic nitrogens is 3. The number of hydrogen-bond acceptors (Lipinski definition) is 4. The second-order valence-corrected chi connectivity index (χ2v) is 6.81. The molecule has 0 bridgehead atoms. The van der Waals surface area contributed by atoms with Gasteiger partial charge in [0.05, 0.1) is 6.26 Å². The third-order valence-electron chi connectivity index (χ3n) is 5.00. The average Bonchev–Trinajstić information content (AvgIpc) is 3.23. The van der Waals surface area contributed by atoms with Gasteiger partial charge in [-0.05, 0) is 43.9 Å². The van der Waals surface area contributed by atoms with E-state index < -0.39 is 0 Å². The van der Waals surface area contributed by atoms with Crippen molar-refractivity contribution in [3.05, 3.63) is 46.5 Å². The molecule has 3 heterocycles. The number of furan rings is 1. The minimum atomic E-state index is -0.0163. The first-order chi connectivity index (χ1) is 12.1. The maximum Gasteiger partial charge on any atom is 0.345 e. The maximum atomic E-state index is 12.3. The number of carbonyl (C=O) groups excluding carboxylic acids is 1. The van der Waals surface area contributed by atoms with Crippen LogP contribution < -0.4 is 5.69 Å². The molecule has 2 aromatic heterocycles. The second-order valence-electron chi connectivity index (χ2n) is 6.81. The van der Waals surface area contributed by atoms with Crippen LogP contribution in [0.4, 0.5) is 0 Å². The van der Waals surface area contributed by atoms with E-state index in [9.17, 15) is 9.59 Å². The van der Waals surface area contributed by atoms with Crippen LogP contribution in [0.25, 0.3) is 6.08 Å². The molecule has 132 valence electrons. The quantitative estimate of drug-likeness (QED) is 0.796. The van der Waals surface area contributed by atoms with Crippen LogP contribution >= 0.6 is 0 Å². The molecular formula is C18H22N4O3. The summed E-state index contributed by atoms with van der Waals surface area (Å²) in [6.45, 7) is 1.36. The molecule has 7 heteroatoms. The number of amides is 1. The number of likely N-dealkylation sites (tertiary alicyclic amines) is 1. The largest absolute Gasteiger partial charge is 0.465 e. The number of hydrogen-bond donors (Lipinski definition) is 0. The summed E-state index contributed by atoms with van der Waals surface area (Å²) in [5, 5.41) is 4.47. The summed E-state index contributed by atoms with van der Waals surface area (Å²) >= 11 is 0. The number of aryl methyl sites for hydroxylation is 1. The van der Waals surface area contributed by atoms with Crippen molar-refractivity contribution in [2.75, 3.05) is 13.1 Å². The van der Waals surface area contributed by atoms with E-state index in [1.54, 1.807) is 31.5 Å². The lowest BCUT2D eigenvalue weighted by Crippen LogP contribution is -2.37. The summed E-state index contributed by atoms with van der Waals surface area (Å²) < 4.78 is 8.52. The molecule has 1 amide bonds. The van der Waals surface area contributed by atoms with Gasteiger partial charge in [-0.25, -0.2) is 9.48 Å². The second kappa shape index (κ2) is 6.38. The van der Waals surface area contributed by atoms with Crippen LogP contribution in [0.2, 0.25) is 0 Å². The summed E-state index contributed by atoms with van der Waals surface area (Å²) in [6.07, 6.45) is 8.63. The van der Waals surface area contributed by atoms with Crippen LogP contribution in [0.1, 0.15) is 49.2 Å². The van der Waals surface area contributed by atoms with E-state index in [4.69, 9.17) is 4.42 Å². The number of piperidine rings is 1. The molecule has 1 saturated carbocycles. The molecule has 0 unspecified atom stereocenters. The third kappa shape index (κ3) is 3.18. The number of nitrogens with zero attached hydrogens (tertiary/aromatic N) is 4. The molecule has 1 aliphatic carbocycles. The van der Waals surface area contributed by atoms with Crippen molar-refractivity contribution in [1.82, 2.24) is 19.2 Å². The zero-order chi connectivity index (χ0) is 17.4. The minimum Gasteiger partial charge on any atom is -0.465 e. The van der Waals surface area contributed by atoms with Crippen molar-refractivity contribution in [2.45, 2.75) is 37.6 Å². The highest BCUT2D eigenvalue weighted by Crippen LogP contribution is 2.37. The van der Waals surface area contributed by atoms with Crippen LogP contribution in [-0.4, -0.2) is 38.2 Å². The summed E-state index contributed by atoms with van der Waals surface area (Å²) in [5.74, 6) is 1.81. The van der Waals surface area contributed by atoms with Crippen LogP contribution in [-0.2, 0) is 11.8 Å². The number of rotatable bonds is 4. The van der Waals surface area contributed by atoms with Gasteiger partial charge in [0, 0.05) is 38.2 Å². The molecule has 0 N–H and O–H groups in total. The first-order valence-corrected chi connectivity index (χ1v) is 8.79. The topological polar surface area (TPSA) is 73.3 Å². The van der Waals surface area contributed by atoms with Gasteiger partial charge in [0.2, 0.25) is 5.91 Å². The van der Waals surface area contributed by atoms with Gasteiger partial charge in [0.1, 0.15) is 11.6 Å². The lowest BCUT2D eigenvalue weighted by atomic mass is 9.95. The highest BCUT2D eigenvalue weighted by atomic mass is 16.3. The predicted octanol–water partition coefficient (Wildman–Crippen LogP) is 1.93. The van der Waals surface area contributed by atoms with Crippen molar-refractivity contribution in [3.63, 3.8) is 0 Å². The van der Waals surface area contributed by atoms with Crippen molar-refractivity contribution in [1.29, 1.82) is 0 Å². The zero-order valence-corrected chi connectivity index (χ0v) is 14.3. The summed E-state index contributed by atoms with van der Waals surface area (Å²) in [4.78, 5) is 26.4. The lowest BCUT2D eigenvalue weighted by Gasteiger charge is -2.30. The Labute approximate surface area is 145 Å². The van der Waals surface area contributed by atoms with Crippen LogP contribution in [0, 0.1) is 0 Å². The Balaban J connectivity index is 1.41. The zero-order valence-electron chi connectivity index (χ0n) is 14.3. The highest BCUT2D eigenvalue weighted by molar-refractivity contribution is 5.91. The Morgan fingerprint density at radius 3 is 2.68 bits per heavy atom. The van der Waals surface area contributed by atoms with Gasteiger partial charge < -0.3 is 9.32 Å². The van der Waals surface area contributed by atoms with Gasteiger partial charge in [-0.2, -0.15) is 5.10 Å². The van der Waals surface area contributed by atoms with E-state index in [0.29, 0.717) is 24.9 Å². The first-order valence-electron chi connectivity index (χ1n) is 8.79. The van der Waals surface area contributed by atoms with Gasteiger partial charge in [0.15, 0.2) is 0 Å². The molecule has 1 aliphatic heterocycles. The third-order valence-corrected chi connectivity index (χ3v) is 5.00. The maximum absolute atomic E-state index is 12.3. The smallest absolute Gasteiger partial charge is 0.345 e. The summed E-state index contributed by atoms with van der Waals surface area (Å²) in [7, 11) is 1.71. The van der Waals surface area contributed by atoms with Gasteiger partial charge in [0.25, 0.3) is 0 Å². The SMILES string of the molecule is Cn1nc(C2CCN(C(=O)/C=C/c3ccco3)CC2)n(C2CC2)c1=O. The van der Waals surface area contributed by atoms with Crippen LogP contribution in [0.15, 0.2) is 33.7 Å². The minimum absolute atomic E-state index is 0.00421. The molecular weight excluding hydrogens is 320 g/mol. The molecule has 0 radical (unpaired) electrons. The molecule has 25 heavy (non-hydrogen) atoms. The summed E-state index contributed by atoms with van der Waals surface area (Å²) in [6, 6.07) is 3.93. The monoisotopic (exact) mass is 342 g/mol. The molecule has 2 aliphatic rings. The molecule has 7 nitrogen and oxygen atoms in total. The van der Waals surface area contributed by atoms with Crippen molar-refractivity contribution >= 4 is 12.0 Å². The van der Waals surface area contributed by atoms with Gasteiger partial charge >= 0.3 is 5.69 Å². The van der Waals surface area contributed by atoms with E-state index in [1.807, 2.05) is 15.5 Å². The van der Waals surface area contributed by atoms with Gasteiger partial charge in [-0.1, -0.05) is 0 Å². The fourth-order valence-electron chi connectivity index (χ4n) is 3.46. The predicted molar refractivity (Wildman–Crippen MR) is 92.0 cm³/mol. The normalized spacial score (nSPS) is 19.0. The molecule has 0 spiro atoms. The average molecular weight is 342 g/mol. The van der Waals surface area contributed by atoms with E-state index in [1.165, 1.54) is 4.68 Å². The Morgan fingerprint density at radius 1 is 1.28 bits per heavy atom. The van der Waals surface area contributed by atoms with Crippen LogP contribution in [0.3, 0.4) is 0 Å².